The Balaban J connectivity index is 2.63. The number of hydrogen-bond acceptors (Lipinski definition) is 4. The molecule has 84 valence electrons. The number of halogens is 1. The van der Waals surface area contributed by atoms with Crippen molar-refractivity contribution < 1.29 is 0 Å². The van der Waals surface area contributed by atoms with Gasteiger partial charge in [0.05, 0.1) is 22.1 Å². The van der Waals surface area contributed by atoms with Gasteiger partial charge in [0.2, 0.25) is 0 Å². The van der Waals surface area contributed by atoms with Crippen LogP contribution in [0.4, 0.5) is 0 Å². The van der Waals surface area contributed by atoms with E-state index in [0.29, 0.717) is 23.1 Å². The number of nitrogens with two attached hydrogens (primary N) is 1. The SMILES string of the molecule is Cc1nn(-c2nccnc2CN)c(C)c1Cl. The van der Waals surface area contributed by atoms with E-state index in [2.05, 4.69) is 15.1 Å². The lowest BCUT2D eigenvalue weighted by Crippen LogP contribution is -2.10. The number of aromatic nitrogens is 4. The van der Waals surface area contributed by atoms with E-state index in [1.165, 1.54) is 0 Å². The zero-order valence-corrected chi connectivity index (χ0v) is 9.86. The maximum absolute atomic E-state index is 6.08. The first kappa shape index (κ1) is 11.0. The maximum atomic E-state index is 6.08. The van der Waals surface area contributed by atoms with Crippen molar-refractivity contribution in [3.05, 3.63) is 34.5 Å². The number of rotatable bonds is 2. The molecule has 0 aliphatic rings. The molecule has 0 radical (unpaired) electrons. The molecule has 0 saturated carbocycles. The lowest BCUT2D eigenvalue weighted by molar-refractivity contribution is 0.773. The first-order valence-corrected chi connectivity index (χ1v) is 5.25. The van der Waals surface area contributed by atoms with Gasteiger partial charge in [-0.25, -0.2) is 9.67 Å². The van der Waals surface area contributed by atoms with Crippen molar-refractivity contribution in [2.24, 2.45) is 5.73 Å². The quantitative estimate of drug-likeness (QED) is 0.857. The summed E-state index contributed by atoms with van der Waals surface area (Å²) in [6.45, 7) is 4.06. The lowest BCUT2D eigenvalue weighted by Gasteiger charge is -2.06. The van der Waals surface area contributed by atoms with Crippen molar-refractivity contribution in [2.45, 2.75) is 20.4 Å². The van der Waals surface area contributed by atoms with Crippen molar-refractivity contribution in [1.82, 2.24) is 19.7 Å². The van der Waals surface area contributed by atoms with Crippen molar-refractivity contribution in [3.8, 4) is 5.82 Å². The molecule has 0 unspecified atom stereocenters. The summed E-state index contributed by atoms with van der Waals surface area (Å²) < 4.78 is 1.67. The summed E-state index contributed by atoms with van der Waals surface area (Å²) in [6.07, 6.45) is 3.22. The Hall–Kier alpha value is -1.46. The Morgan fingerprint density at radius 3 is 2.56 bits per heavy atom. The van der Waals surface area contributed by atoms with Crippen molar-refractivity contribution >= 4 is 11.6 Å². The predicted molar refractivity (Wildman–Crippen MR) is 61.5 cm³/mol. The Bertz CT molecular complexity index is 520. The second-order valence-electron chi connectivity index (χ2n) is 3.43. The molecule has 2 heterocycles. The molecule has 2 aromatic heterocycles. The van der Waals surface area contributed by atoms with E-state index in [4.69, 9.17) is 17.3 Å². The van der Waals surface area contributed by atoms with Crippen LogP contribution >= 0.6 is 11.6 Å². The Morgan fingerprint density at radius 1 is 1.31 bits per heavy atom. The summed E-state index contributed by atoms with van der Waals surface area (Å²) in [7, 11) is 0. The molecule has 0 saturated heterocycles. The van der Waals surface area contributed by atoms with E-state index < -0.39 is 0 Å². The second kappa shape index (κ2) is 4.19. The largest absolute Gasteiger partial charge is 0.325 e. The van der Waals surface area contributed by atoms with E-state index >= 15 is 0 Å². The van der Waals surface area contributed by atoms with Gasteiger partial charge in [0, 0.05) is 18.9 Å². The minimum atomic E-state index is 0.319. The normalized spacial score (nSPS) is 10.8. The van der Waals surface area contributed by atoms with Gasteiger partial charge in [0.25, 0.3) is 0 Å². The van der Waals surface area contributed by atoms with Crippen LogP contribution in [-0.4, -0.2) is 19.7 Å². The first-order chi connectivity index (χ1) is 7.65. The van der Waals surface area contributed by atoms with Crippen LogP contribution in [0.1, 0.15) is 17.1 Å². The highest BCUT2D eigenvalue weighted by molar-refractivity contribution is 6.31. The highest BCUT2D eigenvalue weighted by Crippen LogP contribution is 2.22. The fourth-order valence-electron chi connectivity index (χ4n) is 1.51. The molecule has 0 aliphatic carbocycles. The van der Waals surface area contributed by atoms with Crippen LogP contribution in [-0.2, 0) is 6.54 Å². The average molecular weight is 238 g/mol. The highest BCUT2D eigenvalue weighted by Gasteiger charge is 2.14. The van der Waals surface area contributed by atoms with Crippen LogP contribution < -0.4 is 5.73 Å². The first-order valence-electron chi connectivity index (χ1n) is 4.87. The third-order valence-corrected chi connectivity index (χ3v) is 2.90. The van der Waals surface area contributed by atoms with Gasteiger partial charge in [-0.05, 0) is 13.8 Å². The van der Waals surface area contributed by atoms with Crippen molar-refractivity contribution in [3.63, 3.8) is 0 Å². The molecule has 0 spiro atoms. The number of aryl methyl sites for hydroxylation is 1. The molecular weight excluding hydrogens is 226 g/mol. The van der Waals surface area contributed by atoms with Gasteiger partial charge in [-0.15, -0.1) is 0 Å². The molecule has 6 heteroatoms. The summed E-state index contributed by atoms with van der Waals surface area (Å²) >= 11 is 6.08. The second-order valence-corrected chi connectivity index (χ2v) is 3.81. The molecule has 5 nitrogen and oxygen atoms in total. The standard InChI is InChI=1S/C10H12ClN5/c1-6-9(11)7(2)16(15-6)10-8(5-12)13-3-4-14-10/h3-4H,5,12H2,1-2H3. The minimum Gasteiger partial charge on any atom is -0.325 e. The zero-order valence-electron chi connectivity index (χ0n) is 9.11. The monoisotopic (exact) mass is 237 g/mol. The number of nitrogens with zero attached hydrogens (tertiary/aromatic N) is 4. The fraction of sp³-hybridized carbons (Fsp3) is 0.300. The number of hydrogen-bond donors (Lipinski definition) is 1. The lowest BCUT2D eigenvalue weighted by atomic mass is 10.3. The summed E-state index contributed by atoms with van der Waals surface area (Å²) in [5, 5.41) is 4.96. The van der Waals surface area contributed by atoms with Crippen LogP contribution in [0.15, 0.2) is 12.4 Å². The van der Waals surface area contributed by atoms with Gasteiger partial charge in [0.1, 0.15) is 0 Å². The molecule has 0 fully saturated rings. The smallest absolute Gasteiger partial charge is 0.176 e. The Labute approximate surface area is 98.3 Å². The molecule has 0 aromatic carbocycles. The average Bonchev–Trinajstić information content (AvgIpc) is 2.57. The van der Waals surface area contributed by atoms with E-state index in [1.54, 1.807) is 17.1 Å². The van der Waals surface area contributed by atoms with Gasteiger partial charge >= 0.3 is 0 Å². The predicted octanol–water partition coefficient (Wildman–Crippen LogP) is 1.39. The summed E-state index contributed by atoms with van der Waals surface area (Å²) in [5.74, 6) is 0.637. The summed E-state index contributed by atoms with van der Waals surface area (Å²) in [6, 6.07) is 0. The van der Waals surface area contributed by atoms with Crippen molar-refractivity contribution in [2.75, 3.05) is 0 Å². The van der Waals surface area contributed by atoms with E-state index in [1.807, 2.05) is 13.8 Å². The highest BCUT2D eigenvalue weighted by atomic mass is 35.5. The van der Waals surface area contributed by atoms with Crippen LogP contribution in [0.25, 0.3) is 5.82 Å². The van der Waals surface area contributed by atoms with Crippen LogP contribution in [0.2, 0.25) is 5.02 Å². The molecule has 0 atom stereocenters. The Kier molecular flexibility index (Phi) is 2.89. The molecule has 16 heavy (non-hydrogen) atoms. The molecule has 0 bridgehead atoms. The Morgan fingerprint density at radius 2 is 2.00 bits per heavy atom. The molecular formula is C10H12ClN5. The maximum Gasteiger partial charge on any atom is 0.176 e. The van der Waals surface area contributed by atoms with Crippen LogP contribution in [0, 0.1) is 13.8 Å². The minimum absolute atomic E-state index is 0.319. The van der Waals surface area contributed by atoms with E-state index in [9.17, 15) is 0 Å². The molecule has 2 rings (SSSR count). The van der Waals surface area contributed by atoms with Gasteiger partial charge in [-0.3, -0.25) is 4.98 Å². The fourth-order valence-corrected chi connectivity index (χ4v) is 1.63. The molecule has 0 aliphatic heterocycles. The summed E-state index contributed by atoms with van der Waals surface area (Å²) in [4.78, 5) is 8.40. The molecule has 2 N–H and O–H groups in total. The zero-order chi connectivity index (χ0) is 11.7. The van der Waals surface area contributed by atoms with E-state index in [-0.39, 0.29) is 0 Å². The van der Waals surface area contributed by atoms with Gasteiger partial charge < -0.3 is 5.73 Å². The van der Waals surface area contributed by atoms with Crippen LogP contribution in [0.5, 0.6) is 0 Å². The van der Waals surface area contributed by atoms with Crippen molar-refractivity contribution in [1.29, 1.82) is 0 Å². The third kappa shape index (κ3) is 1.68. The van der Waals surface area contributed by atoms with Gasteiger partial charge in [0.15, 0.2) is 5.82 Å². The van der Waals surface area contributed by atoms with E-state index in [0.717, 1.165) is 11.4 Å². The molecule has 2 aromatic rings. The van der Waals surface area contributed by atoms with Crippen LogP contribution in [0.3, 0.4) is 0 Å². The van der Waals surface area contributed by atoms with Gasteiger partial charge in [-0.1, -0.05) is 11.6 Å². The van der Waals surface area contributed by atoms with Gasteiger partial charge in [-0.2, -0.15) is 5.10 Å². The topological polar surface area (TPSA) is 69.6 Å². The molecule has 0 amide bonds. The summed E-state index contributed by atoms with van der Waals surface area (Å²) in [5.41, 5.74) is 7.92. The third-order valence-electron chi connectivity index (χ3n) is 2.35.